The van der Waals surface area contributed by atoms with E-state index in [0.29, 0.717) is 19.0 Å². The van der Waals surface area contributed by atoms with E-state index in [1.807, 2.05) is 32.2 Å². The van der Waals surface area contributed by atoms with Crippen molar-refractivity contribution in [1.82, 2.24) is 4.90 Å². The predicted octanol–water partition coefficient (Wildman–Crippen LogP) is 3.40. The van der Waals surface area contributed by atoms with Crippen molar-refractivity contribution >= 4 is 17.4 Å². The molecule has 3 rings (SSSR count). The zero-order valence-corrected chi connectivity index (χ0v) is 13.4. The quantitative estimate of drug-likeness (QED) is 0.799. The van der Waals surface area contributed by atoms with Crippen molar-refractivity contribution in [3.8, 4) is 6.07 Å². The molecule has 21 heavy (non-hydrogen) atoms. The van der Waals surface area contributed by atoms with Crippen molar-refractivity contribution in [2.45, 2.75) is 38.2 Å². The van der Waals surface area contributed by atoms with Gasteiger partial charge in [0, 0.05) is 19.0 Å². The van der Waals surface area contributed by atoms with Crippen LogP contribution in [0.4, 0.5) is 4.79 Å². The molecular weight excluding hydrogens is 284 g/mol. The summed E-state index contributed by atoms with van der Waals surface area (Å²) in [6.07, 6.45) is 0.623. The van der Waals surface area contributed by atoms with Crippen molar-refractivity contribution < 1.29 is 9.53 Å². The highest BCUT2D eigenvalue weighted by Crippen LogP contribution is 2.63. The van der Waals surface area contributed by atoms with E-state index in [-0.39, 0.29) is 17.4 Å². The van der Waals surface area contributed by atoms with E-state index < -0.39 is 5.60 Å². The van der Waals surface area contributed by atoms with Crippen molar-refractivity contribution in [3.05, 3.63) is 22.4 Å². The second kappa shape index (κ2) is 4.74. The first-order valence-electron chi connectivity index (χ1n) is 7.30. The zero-order chi connectivity index (χ0) is 15.3. The zero-order valence-electron chi connectivity index (χ0n) is 12.6. The number of hydrogen-bond acceptors (Lipinski definition) is 4. The number of ether oxygens (including phenoxy) is 1. The van der Waals surface area contributed by atoms with Gasteiger partial charge in [0.25, 0.3) is 0 Å². The molecule has 5 heteroatoms. The maximum Gasteiger partial charge on any atom is 0.410 e. The van der Waals surface area contributed by atoms with Crippen LogP contribution in [-0.4, -0.2) is 29.7 Å². The average Bonchev–Trinajstić information content (AvgIpc) is 2.79. The molecule has 3 unspecified atom stereocenters. The largest absolute Gasteiger partial charge is 0.444 e. The lowest BCUT2D eigenvalue weighted by molar-refractivity contribution is 0.0207. The van der Waals surface area contributed by atoms with Crippen LogP contribution in [0.5, 0.6) is 0 Å². The molecule has 1 aromatic rings. The average molecular weight is 304 g/mol. The summed E-state index contributed by atoms with van der Waals surface area (Å²) >= 11 is 1.63. The maximum atomic E-state index is 12.2. The molecule has 0 spiro atoms. The molecule has 1 aliphatic carbocycles. The molecule has 2 heterocycles. The second-order valence-electron chi connectivity index (χ2n) is 6.92. The number of nitrogens with zero attached hydrogens (tertiary/aromatic N) is 2. The number of nitriles is 1. The Morgan fingerprint density at radius 1 is 1.52 bits per heavy atom. The van der Waals surface area contributed by atoms with Gasteiger partial charge in [-0.1, -0.05) is 0 Å². The Bertz CT molecular complexity index is 584. The lowest BCUT2D eigenvalue weighted by Gasteiger charge is -2.29. The first-order valence-corrected chi connectivity index (χ1v) is 8.24. The summed E-state index contributed by atoms with van der Waals surface area (Å²) in [6.45, 7) is 6.94. The van der Waals surface area contributed by atoms with Gasteiger partial charge >= 0.3 is 6.09 Å². The SMILES string of the molecule is CC(C)(C)OC(=O)N1CCC2C(C1)C2(C#N)c1ccsc1. The molecule has 0 bridgehead atoms. The molecule has 1 saturated carbocycles. The van der Waals surface area contributed by atoms with Crippen LogP contribution in [0.15, 0.2) is 16.8 Å². The fourth-order valence-electron chi connectivity index (χ4n) is 3.51. The third-order valence-corrected chi connectivity index (χ3v) is 5.19. The minimum atomic E-state index is -0.475. The minimum Gasteiger partial charge on any atom is -0.444 e. The lowest BCUT2D eigenvalue weighted by atomic mass is 9.96. The molecule has 2 aliphatic rings. The Hall–Kier alpha value is -1.54. The monoisotopic (exact) mass is 304 g/mol. The third kappa shape index (κ3) is 2.32. The number of thiophene rings is 1. The van der Waals surface area contributed by atoms with Crippen LogP contribution >= 0.6 is 11.3 Å². The van der Waals surface area contributed by atoms with Gasteiger partial charge in [-0.15, -0.1) is 0 Å². The van der Waals surface area contributed by atoms with Crippen LogP contribution in [0.1, 0.15) is 32.8 Å². The number of fused-ring (bicyclic) bond motifs is 1. The lowest BCUT2D eigenvalue weighted by Crippen LogP contribution is -2.40. The highest BCUT2D eigenvalue weighted by atomic mass is 32.1. The minimum absolute atomic E-state index is 0.248. The first-order chi connectivity index (χ1) is 9.88. The van der Waals surface area contributed by atoms with Crippen LogP contribution in [-0.2, 0) is 10.2 Å². The molecule has 2 fully saturated rings. The molecule has 4 nitrogen and oxygen atoms in total. The number of carbonyl (C=O) groups is 1. The summed E-state index contributed by atoms with van der Waals surface area (Å²) in [5.41, 5.74) is 0.268. The topological polar surface area (TPSA) is 53.3 Å². The second-order valence-corrected chi connectivity index (χ2v) is 7.70. The molecule has 0 radical (unpaired) electrons. The third-order valence-electron chi connectivity index (χ3n) is 4.51. The molecule has 1 aliphatic heterocycles. The van der Waals surface area contributed by atoms with Gasteiger partial charge in [-0.2, -0.15) is 16.6 Å². The van der Waals surface area contributed by atoms with E-state index in [0.717, 1.165) is 12.0 Å². The summed E-state index contributed by atoms with van der Waals surface area (Å²) in [4.78, 5) is 13.9. The number of rotatable bonds is 1. The molecular formula is C16H20N2O2S. The van der Waals surface area contributed by atoms with Gasteiger partial charge in [0.05, 0.1) is 11.5 Å². The summed E-state index contributed by atoms with van der Waals surface area (Å²) in [6, 6.07) is 4.58. The fraction of sp³-hybridized carbons (Fsp3) is 0.625. The number of hydrogen-bond donors (Lipinski definition) is 0. The maximum absolute atomic E-state index is 12.2. The molecule has 1 amide bonds. The smallest absolute Gasteiger partial charge is 0.410 e. The first kappa shape index (κ1) is 14.4. The molecule has 112 valence electrons. The van der Waals surface area contributed by atoms with Crippen molar-refractivity contribution in [2.75, 3.05) is 13.1 Å². The Labute approximate surface area is 129 Å². The van der Waals surface area contributed by atoms with E-state index in [1.54, 1.807) is 16.2 Å². The van der Waals surface area contributed by atoms with Crippen LogP contribution in [0, 0.1) is 23.2 Å². The van der Waals surface area contributed by atoms with Gasteiger partial charge in [-0.25, -0.2) is 4.79 Å². The number of likely N-dealkylation sites (tertiary alicyclic amines) is 1. The summed E-state index contributed by atoms with van der Waals surface area (Å²) in [5.74, 6) is 0.633. The van der Waals surface area contributed by atoms with E-state index in [1.165, 1.54) is 0 Å². The molecule has 1 aromatic heterocycles. The van der Waals surface area contributed by atoms with E-state index in [9.17, 15) is 10.1 Å². The Kier molecular flexibility index (Phi) is 3.25. The number of amides is 1. The van der Waals surface area contributed by atoms with Gasteiger partial charge in [-0.05, 0) is 55.5 Å². The summed E-state index contributed by atoms with van der Waals surface area (Å²) in [5, 5.41) is 13.8. The highest BCUT2D eigenvalue weighted by Gasteiger charge is 2.68. The number of carbonyl (C=O) groups excluding carboxylic acids is 1. The molecule has 3 atom stereocenters. The van der Waals surface area contributed by atoms with Gasteiger partial charge < -0.3 is 9.64 Å². The van der Waals surface area contributed by atoms with Crippen molar-refractivity contribution in [3.63, 3.8) is 0 Å². The van der Waals surface area contributed by atoms with Crippen molar-refractivity contribution in [1.29, 1.82) is 5.26 Å². The van der Waals surface area contributed by atoms with E-state index in [2.05, 4.69) is 11.4 Å². The van der Waals surface area contributed by atoms with Gasteiger partial charge in [-0.3, -0.25) is 0 Å². The Balaban J connectivity index is 1.73. The van der Waals surface area contributed by atoms with E-state index >= 15 is 0 Å². The highest BCUT2D eigenvalue weighted by molar-refractivity contribution is 7.08. The van der Waals surface area contributed by atoms with Crippen LogP contribution in [0.3, 0.4) is 0 Å². The van der Waals surface area contributed by atoms with E-state index in [4.69, 9.17) is 4.74 Å². The molecule has 0 N–H and O–H groups in total. The Morgan fingerprint density at radius 2 is 2.29 bits per heavy atom. The fourth-order valence-corrected chi connectivity index (χ4v) is 4.24. The predicted molar refractivity (Wildman–Crippen MR) is 81.0 cm³/mol. The summed E-state index contributed by atoms with van der Waals surface area (Å²) in [7, 11) is 0. The molecule has 1 saturated heterocycles. The molecule has 0 aromatic carbocycles. The van der Waals surface area contributed by atoms with Crippen LogP contribution in [0.2, 0.25) is 0 Å². The van der Waals surface area contributed by atoms with Crippen LogP contribution in [0.25, 0.3) is 0 Å². The number of piperidine rings is 1. The normalized spacial score (nSPS) is 31.2. The van der Waals surface area contributed by atoms with Gasteiger partial charge in [0.15, 0.2) is 0 Å². The van der Waals surface area contributed by atoms with Gasteiger partial charge in [0.1, 0.15) is 5.60 Å². The van der Waals surface area contributed by atoms with Gasteiger partial charge in [0.2, 0.25) is 0 Å². The summed E-state index contributed by atoms with van der Waals surface area (Å²) < 4.78 is 5.44. The Morgan fingerprint density at radius 3 is 2.86 bits per heavy atom. The van der Waals surface area contributed by atoms with Crippen LogP contribution < -0.4 is 0 Å². The standard InChI is InChI=1S/C16H20N2O2S/c1-15(2,3)20-14(19)18-6-4-12-13(8-18)16(12,10-17)11-5-7-21-9-11/h5,7,9,12-13H,4,6,8H2,1-3H3. The van der Waals surface area contributed by atoms with Crippen molar-refractivity contribution in [2.24, 2.45) is 11.8 Å².